The number of nitrogens with zero attached hydrogens (tertiary/aromatic N) is 1. The zero-order valence-corrected chi connectivity index (χ0v) is 14.8. The lowest BCUT2D eigenvalue weighted by molar-refractivity contribution is 0.122. The summed E-state index contributed by atoms with van der Waals surface area (Å²) in [4.78, 5) is 14.8. The molecular weight excluding hydrogens is 350 g/mol. The largest absolute Gasteiger partial charge is 0.507 e. The lowest BCUT2D eigenvalue weighted by Gasteiger charge is -2.29. The molecule has 0 unspecified atom stereocenters. The van der Waals surface area contributed by atoms with E-state index >= 15 is 0 Å². The zero-order chi connectivity index (χ0) is 19.0. The van der Waals surface area contributed by atoms with Gasteiger partial charge in [0, 0.05) is 36.5 Å². The van der Waals surface area contributed by atoms with Crippen LogP contribution in [0, 0.1) is 0 Å². The number of phenols is 2. The monoisotopic (exact) mass is 369 g/mol. The lowest BCUT2D eigenvalue weighted by Crippen LogP contribution is -2.36. The second kappa shape index (κ2) is 6.85. The van der Waals surface area contributed by atoms with Gasteiger partial charge in [-0.2, -0.15) is 0 Å². The number of hydrogen-bond donors (Lipinski definition) is 2. The van der Waals surface area contributed by atoms with Crippen molar-refractivity contribution in [2.75, 3.05) is 38.3 Å². The van der Waals surface area contributed by atoms with Gasteiger partial charge in [-0.05, 0) is 12.1 Å². The number of hydrogen-bond acceptors (Lipinski definition) is 7. The molecule has 7 nitrogen and oxygen atoms in total. The summed E-state index contributed by atoms with van der Waals surface area (Å²) < 4.78 is 16.4. The smallest absolute Gasteiger partial charge is 0.204 e. The number of benzene rings is 2. The molecule has 1 saturated heterocycles. The van der Waals surface area contributed by atoms with E-state index < -0.39 is 5.43 Å². The number of fused-ring (bicyclic) bond motifs is 1. The van der Waals surface area contributed by atoms with Crippen molar-refractivity contribution < 1.29 is 24.1 Å². The average molecular weight is 369 g/mol. The molecule has 3 aromatic rings. The number of methoxy groups -OCH3 is 1. The fourth-order valence-electron chi connectivity index (χ4n) is 3.30. The van der Waals surface area contributed by atoms with E-state index in [0.717, 1.165) is 24.8 Å². The van der Waals surface area contributed by atoms with Crippen molar-refractivity contribution in [2.24, 2.45) is 0 Å². The first kappa shape index (κ1) is 17.2. The van der Waals surface area contributed by atoms with Gasteiger partial charge in [-0.15, -0.1) is 0 Å². The Morgan fingerprint density at radius 1 is 1.07 bits per heavy atom. The Kier molecular flexibility index (Phi) is 4.37. The molecule has 7 heteroatoms. The molecule has 2 heterocycles. The average Bonchev–Trinajstić information content (AvgIpc) is 2.68. The van der Waals surface area contributed by atoms with Crippen LogP contribution in [-0.2, 0) is 4.74 Å². The van der Waals surface area contributed by atoms with Crippen molar-refractivity contribution in [3.63, 3.8) is 0 Å². The van der Waals surface area contributed by atoms with E-state index in [9.17, 15) is 15.0 Å². The molecule has 0 bridgehead atoms. The van der Waals surface area contributed by atoms with Gasteiger partial charge in [0.1, 0.15) is 16.9 Å². The van der Waals surface area contributed by atoms with Crippen LogP contribution in [0.3, 0.4) is 0 Å². The number of anilines is 1. The molecule has 0 radical (unpaired) electrons. The van der Waals surface area contributed by atoms with E-state index in [1.807, 2.05) is 24.3 Å². The van der Waals surface area contributed by atoms with Crippen LogP contribution in [0.2, 0.25) is 0 Å². The number of rotatable bonds is 3. The van der Waals surface area contributed by atoms with Gasteiger partial charge in [0.25, 0.3) is 0 Å². The van der Waals surface area contributed by atoms with Crippen LogP contribution in [-0.4, -0.2) is 43.6 Å². The van der Waals surface area contributed by atoms with Gasteiger partial charge in [0.15, 0.2) is 16.8 Å². The topological polar surface area (TPSA) is 92.4 Å². The highest BCUT2D eigenvalue weighted by molar-refractivity contribution is 5.91. The van der Waals surface area contributed by atoms with Gasteiger partial charge < -0.3 is 29.0 Å². The first-order valence-corrected chi connectivity index (χ1v) is 8.58. The molecule has 1 aliphatic rings. The van der Waals surface area contributed by atoms with Crippen molar-refractivity contribution in [1.82, 2.24) is 0 Å². The predicted molar refractivity (Wildman–Crippen MR) is 101 cm³/mol. The highest BCUT2D eigenvalue weighted by Gasteiger charge is 2.19. The third-order valence-electron chi connectivity index (χ3n) is 4.63. The van der Waals surface area contributed by atoms with E-state index in [0.29, 0.717) is 24.5 Å². The van der Waals surface area contributed by atoms with Gasteiger partial charge in [0.05, 0.1) is 20.3 Å². The van der Waals surface area contributed by atoms with Crippen LogP contribution in [0.4, 0.5) is 5.69 Å². The minimum atomic E-state index is -0.418. The van der Waals surface area contributed by atoms with Crippen molar-refractivity contribution in [3.8, 4) is 28.6 Å². The van der Waals surface area contributed by atoms with Crippen molar-refractivity contribution >= 4 is 16.7 Å². The Hall–Kier alpha value is -3.19. The molecule has 2 aromatic carbocycles. The van der Waals surface area contributed by atoms with E-state index in [4.69, 9.17) is 13.9 Å². The molecule has 4 rings (SSSR count). The summed E-state index contributed by atoms with van der Waals surface area (Å²) in [6, 6.07) is 10.1. The third kappa shape index (κ3) is 3.06. The van der Waals surface area contributed by atoms with Crippen LogP contribution in [0.25, 0.3) is 22.3 Å². The fraction of sp³-hybridized carbons (Fsp3) is 0.250. The molecule has 0 saturated carbocycles. The molecule has 140 valence electrons. The standard InChI is InChI=1S/C20H19NO6/c1-25-19-16(24)10-14(22)18-15(23)11-17(27-20(18)19)12-3-2-4-13(9-12)21-5-7-26-8-6-21/h2-4,9-11,22,24H,5-8H2,1H3. The molecular formula is C20H19NO6. The quantitative estimate of drug-likeness (QED) is 0.733. The maximum atomic E-state index is 12.6. The molecule has 27 heavy (non-hydrogen) atoms. The van der Waals surface area contributed by atoms with Crippen molar-refractivity contribution in [2.45, 2.75) is 0 Å². The van der Waals surface area contributed by atoms with Crippen LogP contribution in [0.5, 0.6) is 17.2 Å². The van der Waals surface area contributed by atoms with Crippen LogP contribution < -0.4 is 15.1 Å². The van der Waals surface area contributed by atoms with E-state index in [-0.39, 0.29) is 28.2 Å². The van der Waals surface area contributed by atoms with Gasteiger partial charge in [-0.1, -0.05) is 12.1 Å². The van der Waals surface area contributed by atoms with E-state index in [2.05, 4.69) is 4.90 Å². The maximum Gasteiger partial charge on any atom is 0.204 e. The van der Waals surface area contributed by atoms with E-state index in [1.54, 1.807) is 0 Å². The van der Waals surface area contributed by atoms with Crippen LogP contribution in [0.15, 0.2) is 45.6 Å². The first-order valence-electron chi connectivity index (χ1n) is 8.58. The number of morpholine rings is 1. The molecule has 1 aliphatic heterocycles. The molecule has 1 aromatic heterocycles. The van der Waals surface area contributed by atoms with Crippen LogP contribution in [0.1, 0.15) is 0 Å². The van der Waals surface area contributed by atoms with Gasteiger partial charge in [0.2, 0.25) is 5.75 Å². The summed E-state index contributed by atoms with van der Waals surface area (Å²) in [6.07, 6.45) is 0. The Morgan fingerprint density at radius 2 is 1.85 bits per heavy atom. The summed E-state index contributed by atoms with van der Waals surface area (Å²) >= 11 is 0. The lowest BCUT2D eigenvalue weighted by atomic mass is 10.1. The molecule has 1 fully saturated rings. The highest BCUT2D eigenvalue weighted by Crippen LogP contribution is 2.40. The minimum Gasteiger partial charge on any atom is -0.507 e. The zero-order valence-electron chi connectivity index (χ0n) is 14.8. The molecule has 0 aliphatic carbocycles. The second-order valence-corrected chi connectivity index (χ2v) is 6.28. The van der Waals surface area contributed by atoms with Gasteiger partial charge in [-0.3, -0.25) is 4.79 Å². The minimum absolute atomic E-state index is 0.00563. The van der Waals surface area contributed by atoms with Crippen molar-refractivity contribution in [3.05, 3.63) is 46.6 Å². The summed E-state index contributed by atoms with van der Waals surface area (Å²) in [5, 5.41) is 20.0. The van der Waals surface area contributed by atoms with Gasteiger partial charge in [-0.25, -0.2) is 0 Å². The molecule has 0 amide bonds. The van der Waals surface area contributed by atoms with Crippen LogP contribution >= 0.6 is 0 Å². The Balaban J connectivity index is 1.86. The predicted octanol–water partition coefficient (Wildman–Crippen LogP) is 2.72. The molecule has 0 spiro atoms. The van der Waals surface area contributed by atoms with Crippen molar-refractivity contribution in [1.29, 1.82) is 0 Å². The maximum absolute atomic E-state index is 12.6. The first-order chi connectivity index (χ1) is 13.1. The summed E-state index contributed by atoms with van der Waals surface area (Å²) in [6.45, 7) is 2.93. The SMILES string of the molecule is COc1c(O)cc(O)c2c(=O)cc(-c3cccc(N4CCOCC4)c3)oc12. The summed E-state index contributed by atoms with van der Waals surface area (Å²) in [7, 11) is 1.36. The molecule has 2 N–H and O–H groups in total. The summed E-state index contributed by atoms with van der Waals surface area (Å²) in [5.41, 5.74) is 1.31. The highest BCUT2D eigenvalue weighted by atomic mass is 16.5. The van der Waals surface area contributed by atoms with Gasteiger partial charge >= 0.3 is 0 Å². The Labute approximate surface area is 155 Å². The Bertz CT molecular complexity index is 1050. The fourth-order valence-corrected chi connectivity index (χ4v) is 3.30. The summed E-state index contributed by atoms with van der Waals surface area (Å²) in [5.74, 6) is -0.326. The number of ether oxygens (including phenoxy) is 2. The van der Waals surface area contributed by atoms with E-state index in [1.165, 1.54) is 13.2 Å². The second-order valence-electron chi connectivity index (χ2n) is 6.28. The number of aromatic hydroxyl groups is 2. The Morgan fingerprint density at radius 3 is 2.59 bits per heavy atom. The third-order valence-corrected chi connectivity index (χ3v) is 4.63. The molecule has 0 atom stereocenters. The number of phenolic OH excluding ortho intramolecular Hbond substituents is 2. The normalized spacial score (nSPS) is 14.5.